The van der Waals surface area contributed by atoms with Gasteiger partial charge in [-0.3, -0.25) is 0 Å². The van der Waals surface area contributed by atoms with Gasteiger partial charge in [-0.1, -0.05) is 29.8 Å². The Balaban J connectivity index is 2.32. The van der Waals surface area contributed by atoms with Gasteiger partial charge in [-0.15, -0.1) is 0 Å². The van der Waals surface area contributed by atoms with Crippen molar-refractivity contribution in [1.82, 2.24) is 10.0 Å². The average molecular weight is 365 g/mol. The molecular formula is C13H18BrFN2O2S. The van der Waals surface area contributed by atoms with Crippen LogP contribution in [0.2, 0.25) is 0 Å². The van der Waals surface area contributed by atoms with Crippen LogP contribution in [0.15, 0.2) is 21.5 Å². The smallest absolute Gasteiger partial charge is 0.243 e. The summed E-state index contributed by atoms with van der Waals surface area (Å²) in [5.74, 6) is -0.686. The summed E-state index contributed by atoms with van der Waals surface area (Å²) in [7, 11) is -3.79. The Hall–Kier alpha value is -0.500. The van der Waals surface area contributed by atoms with Gasteiger partial charge in [-0.05, 0) is 25.0 Å². The molecule has 1 aliphatic rings. The van der Waals surface area contributed by atoms with E-state index in [9.17, 15) is 12.8 Å². The summed E-state index contributed by atoms with van der Waals surface area (Å²) in [6.45, 7) is 4.18. The van der Waals surface area contributed by atoms with Crippen molar-refractivity contribution in [3.63, 3.8) is 0 Å². The molecule has 2 N–H and O–H groups in total. The van der Waals surface area contributed by atoms with Crippen LogP contribution in [0.3, 0.4) is 0 Å². The fraction of sp³-hybridized carbons (Fsp3) is 0.538. The quantitative estimate of drug-likeness (QED) is 0.815. The third-order valence-corrected chi connectivity index (χ3v) is 4.95. The largest absolute Gasteiger partial charge is 0.310 e. The van der Waals surface area contributed by atoms with Crippen LogP contribution < -0.4 is 10.0 Å². The van der Waals surface area contributed by atoms with E-state index in [2.05, 4.69) is 26.0 Å². The van der Waals surface area contributed by atoms with Crippen LogP contribution in [0.25, 0.3) is 0 Å². The van der Waals surface area contributed by atoms with E-state index in [4.69, 9.17) is 0 Å². The minimum atomic E-state index is -3.79. The van der Waals surface area contributed by atoms with Crippen LogP contribution in [0, 0.1) is 5.82 Å². The average Bonchev–Trinajstić information content (AvgIpc) is 3.12. The molecule has 0 bridgehead atoms. The molecule has 0 heterocycles. The Kier molecular flexibility index (Phi) is 4.84. The Morgan fingerprint density at radius 1 is 1.40 bits per heavy atom. The first kappa shape index (κ1) is 15.9. The van der Waals surface area contributed by atoms with E-state index in [0.717, 1.165) is 12.8 Å². The normalized spacial score (nSPS) is 15.8. The molecule has 0 aliphatic heterocycles. The second-order valence-electron chi connectivity index (χ2n) is 5.31. The number of sulfonamides is 1. The molecule has 2 rings (SSSR count). The van der Waals surface area contributed by atoms with Crippen LogP contribution in [0.4, 0.5) is 4.39 Å². The molecule has 1 saturated carbocycles. The Labute approximate surface area is 127 Å². The van der Waals surface area contributed by atoms with Crippen molar-refractivity contribution in [3.8, 4) is 0 Å². The lowest BCUT2D eigenvalue weighted by molar-refractivity contribution is 0.528. The second-order valence-corrected chi connectivity index (χ2v) is 7.91. The molecule has 1 aromatic carbocycles. The fourth-order valence-corrected chi connectivity index (χ4v) is 3.85. The zero-order chi connectivity index (χ0) is 14.9. The van der Waals surface area contributed by atoms with Crippen molar-refractivity contribution in [1.29, 1.82) is 0 Å². The number of nitrogens with one attached hydrogen (secondary N) is 2. The van der Waals surface area contributed by atoms with Gasteiger partial charge < -0.3 is 5.32 Å². The summed E-state index contributed by atoms with van der Waals surface area (Å²) in [5, 5.41) is 3.09. The summed E-state index contributed by atoms with van der Waals surface area (Å²) in [4.78, 5) is -0.292. The van der Waals surface area contributed by atoms with E-state index >= 15 is 0 Å². The highest BCUT2D eigenvalue weighted by atomic mass is 79.9. The lowest BCUT2D eigenvalue weighted by Crippen LogP contribution is -2.28. The van der Waals surface area contributed by atoms with Gasteiger partial charge in [-0.25, -0.2) is 17.5 Å². The molecule has 4 nitrogen and oxygen atoms in total. The molecular weight excluding hydrogens is 347 g/mol. The Morgan fingerprint density at radius 3 is 2.60 bits per heavy atom. The first-order valence-corrected chi connectivity index (χ1v) is 8.81. The third kappa shape index (κ3) is 4.00. The number of halogens is 2. The van der Waals surface area contributed by atoms with Gasteiger partial charge >= 0.3 is 0 Å². The van der Waals surface area contributed by atoms with Crippen molar-refractivity contribution in [3.05, 3.63) is 28.0 Å². The highest BCUT2D eigenvalue weighted by Crippen LogP contribution is 2.27. The molecule has 1 aromatic rings. The predicted octanol–water partition coefficient (Wildman–Crippen LogP) is 2.53. The topological polar surface area (TPSA) is 58.2 Å². The molecule has 112 valence electrons. The molecule has 7 heteroatoms. The first-order chi connectivity index (χ1) is 9.29. The van der Waals surface area contributed by atoms with E-state index in [-0.39, 0.29) is 23.5 Å². The second kappa shape index (κ2) is 6.09. The van der Waals surface area contributed by atoms with Crippen LogP contribution in [-0.4, -0.2) is 20.5 Å². The molecule has 20 heavy (non-hydrogen) atoms. The maximum Gasteiger partial charge on any atom is 0.243 e. The zero-order valence-electron chi connectivity index (χ0n) is 11.4. The molecule has 0 saturated heterocycles. The minimum Gasteiger partial charge on any atom is -0.310 e. The summed E-state index contributed by atoms with van der Waals surface area (Å²) < 4.78 is 41.7. The maximum absolute atomic E-state index is 14.4. The van der Waals surface area contributed by atoms with Gasteiger partial charge in [0.15, 0.2) is 0 Å². The zero-order valence-corrected chi connectivity index (χ0v) is 13.8. The van der Waals surface area contributed by atoms with Crippen LogP contribution in [-0.2, 0) is 16.6 Å². The maximum atomic E-state index is 14.4. The fourth-order valence-electron chi connectivity index (χ4n) is 1.74. The first-order valence-electron chi connectivity index (χ1n) is 6.53. The summed E-state index contributed by atoms with van der Waals surface area (Å²) in [5.41, 5.74) is 0.337. The van der Waals surface area contributed by atoms with Gasteiger partial charge in [-0.2, -0.15) is 0 Å². The Morgan fingerprint density at radius 2 is 2.05 bits per heavy atom. The summed E-state index contributed by atoms with van der Waals surface area (Å²) in [6.07, 6.45) is 1.63. The molecule has 0 amide bonds. The van der Waals surface area contributed by atoms with Gasteiger partial charge in [0, 0.05) is 28.7 Å². The standard InChI is InChI=1S/C13H18BrFN2O2S/c1-8(2)16-7-9-5-10(14)6-12(13(9)15)20(18,19)17-11-3-4-11/h5-6,8,11,16-17H,3-4,7H2,1-2H3. The lowest BCUT2D eigenvalue weighted by Gasteiger charge is -2.13. The van der Waals surface area contributed by atoms with Crippen molar-refractivity contribution >= 4 is 26.0 Å². The van der Waals surface area contributed by atoms with Gasteiger partial charge in [0.25, 0.3) is 0 Å². The highest BCUT2D eigenvalue weighted by molar-refractivity contribution is 9.10. The molecule has 1 aliphatic carbocycles. The van der Waals surface area contributed by atoms with Gasteiger partial charge in [0.1, 0.15) is 10.7 Å². The minimum absolute atomic E-state index is 0.0457. The third-order valence-electron chi connectivity index (χ3n) is 2.97. The predicted molar refractivity (Wildman–Crippen MR) is 79.4 cm³/mol. The molecule has 0 atom stereocenters. The van der Waals surface area contributed by atoms with Crippen molar-refractivity contribution < 1.29 is 12.8 Å². The van der Waals surface area contributed by atoms with E-state index in [1.807, 2.05) is 13.8 Å². The molecule has 0 radical (unpaired) electrons. The van der Waals surface area contributed by atoms with E-state index in [1.165, 1.54) is 6.07 Å². The van der Waals surface area contributed by atoms with Gasteiger partial charge in [0.05, 0.1) is 0 Å². The molecule has 1 fully saturated rings. The Bertz CT molecular complexity index is 601. The number of hydrogen-bond acceptors (Lipinski definition) is 3. The van der Waals surface area contributed by atoms with Gasteiger partial charge in [0.2, 0.25) is 10.0 Å². The van der Waals surface area contributed by atoms with Crippen LogP contribution >= 0.6 is 15.9 Å². The molecule has 0 spiro atoms. The van der Waals surface area contributed by atoms with Crippen LogP contribution in [0.1, 0.15) is 32.3 Å². The summed E-state index contributed by atoms with van der Waals surface area (Å²) >= 11 is 3.24. The number of benzene rings is 1. The number of hydrogen-bond donors (Lipinski definition) is 2. The van der Waals surface area contributed by atoms with Crippen molar-refractivity contribution in [2.75, 3.05) is 0 Å². The summed E-state index contributed by atoms with van der Waals surface area (Å²) in [6, 6.07) is 3.05. The monoisotopic (exact) mass is 364 g/mol. The molecule has 0 unspecified atom stereocenters. The van der Waals surface area contributed by atoms with E-state index in [1.54, 1.807) is 6.07 Å². The SMILES string of the molecule is CC(C)NCc1cc(Br)cc(S(=O)(=O)NC2CC2)c1F. The molecule has 0 aromatic heterocycles. The number of rotatable bonds is 6. The van der Waals surface area contributed by atoms with Crippen molar-refractivity contribution in [2.45, 2.75) is 50.2 Å². The van der Waals surface area contributed by atoms with E-state index < -0.39 is 15.8 Å². The highest BCUT2D eigenvalue weighted by Gasteiger charge is 2.30. The lowest BCUT2D eigenvalue weighted by atomic mass is 10.2. The van der Waals surface area contributed by atoms with Crippen molar-refractivity contribution in [2.24, 2.45) is 0 Å². The van der Waals surface area contributed by atoms with Crippen LogP contribution in [0.5, 0.6) is 0 Å². The van der Waals surface area contributed by atoms with E-state index in [0.29, 0.717) is 10.0 Å².